The fourth-order valence-electron chi connectivity index (χ4n) is 3.41. The molecule has 1 amide bonds. The molecule has 0 aliphatic carbocycles. The van der Waals surface area contributed by atoms with Gasteiger partial charge >= 0.3 is 0 Å². The minimum Gasteiger partial charge on any atom is -0.322 e. The largest absolute Gasteiger partial charge is 0.322 e. The van der Waals surface area contributed by atoms with E-state index in [-0.39, 0.29) is 11.9 Å². The molecule has 0 spiro atoms. The molecule has 4 aromatic rings. The molecule has 2 aromatic heterocycles. The minimum absolute atomic E-state index is 0.0701. The van der Waals surface area contributed by atoms with E-state index in [0.29, 0.717) is 33.7 Å². The molecule has 2 N–H and O–H groups in total. The lowest BCUT2D eigenvalue weighted by Crippen LogP contribution is -2.14. The lowest BCUT2D eigenvalue weighted by atomic mass is 10.1. The maximum Gasteiger partial charge on any atom is 0.256 e. The van der Waals surface area contributed by atoms with Crippen LogP contribution in [-0.2, 0) is 10.0 Å². The van der Waals surface area contributed by atoms with Gasteiger partial charge in [-0.15, -0.1) is 0 Å². The van der Waals surface area contributed by atoms with Crippen molar-refractivity contribution in [2.75, 3.05) is 16.3 Å². The summed E-state index contributed by atoms with van der Waals surface area (Å²) in [4.78, 5) is 18.0. The smallest absolute Gasteiger partial charge is 0.256 e. The van der Waals surface area contributed by atoms with Crippen LogP contribution < -0.4 is 10.0 Å². The lowest BCUT2D eigenvalue weighted by Gasteiger charge is -2.12. The van der Waals surface area contributed by atoms with E-state index in [4.69, 9.17) is 4.98 Å². The van der Waals surface area contributed by atoms with E-state index in [1.807, 2.05) is 44.2 Å². The van der Waals surface area contributed by atoms with Crippen LogP contribution in [-0.4, -0.2) is 35.3 Å². The van der Waals surface area contributed by atoms with Crippen molar-refractivity contribution in [3.63, 3.8) is 0 Å². The van der Waals surface area contributed by atoms with Gasteiger partial charge in [-0.1, -0.05) is 36.4 Å². The molecule has 0 aliphatic rings. The number of pyridine rings is 1. The van der Waals surface area contributed by atoms with Gasteiger partial charge in [0.2, 0.25) is 10.0 Å². The molecular weight excluding hydrogens is 426 g/mol. The zero-order valence-corrected chi connectivity index (χ0v) is 18.7. The molecule has 0 unspecified atom stereocenters. The molecule has 0 saturated carbocycles. The first-order valence-corrected chi connectivity index (χ1v) is 11.9. The standard InChI is InChI=1S/C23H23N5O3S/c1-15(2)28-22-20(14-24-28)19(13-21(26-22)16-8-5-4-6-9-16)23(29)25-17-10-7-11-18(12-17)27-32(3,30)31/h4-15,27H,1-3H3,(H,25,29). The van der Waals surface area contributed by atoms with Crippen molar-refractivity contribution in [1.82, 2.24) is 14.8 Å². The summed E-state index contributed by atoms with van der Waals surface area (Å²) in [5.74, 6) is -0.339. The Morgan fingerprint density at radius 2 is 1.72 bits per heavy atom. The van der Waals surface area contributed by atoms with Crippen LogP contribution in [0.4, 0.5) is 11.4 Å². The number of carbonyl (C=O) groups excluding carboxylic acids is 1. The first-order valence-electron chi connectivity index (χ1n) is 10.0. The number of fused-ring (bicyclic) bond motifs is 1. The highest BCUT2D eigenvalue weighted by molar-refractivity contribution is 7.92. The molecule has 32 heavy (non-hydrogen) atoms. The topological polar surface area (TPSA) is 106 Å². The first-order chi connectivity index (χ1) is 15.2. The van der Waals surface area contributed by atoms with E-state index < -0.39 is 10.0 Å². The van der Waals surface area contributed by atoms with Crippen LogP contribution in [0.1, 0.15) is 30.2 Å². The van der Waals surface area contributed by atoms with Crippen LogP contribution in [0.2, 0.25) is 0 Å². The van der Waals surface area contributed by atoms with Crippen LogP contribution in [0, 0.1) is 0 Å². The zero-order chi connectivity index (χ0) is 22.9. The van der Waals surface area contributed by atoms with Gasteiger partial charge in [0, 0.05) is 17.3 Å². The SMILES string of the molecule is CC(C)n1ncc2c(C(=O)Nc3cccc(NS(C)(=O)=O)c3)cc(-c3ccccc3)nc21. The normalized spacial score (nSPS) is 11.6. The summed E-state index contributed by atoms with van der Waals surface area (Å²) in [6.07, 6.45) is 2.72. The van der Waals surface area contributed by atoms with Crippen LogP contribution in [0.25, 0.3) is 22.3 Å². The van der Waals surface area contributed by atoms with Gasteiger partial charge in [-0.25, -0.2) is 18.1 Å². The Morgan fingerprint density at radius 1 is 1.00 bits per heavy atom. The highest BCUT2D eigenvalue weighted by atomic mass is 32.2. The number of amides is 1. The summed E-state index contributed by atoms with van der Waals surface area (Å²) >= 11 is 0. The molecule has 0 bridgehead atoms. The predicted molar refractivity (Wildman–Crippen MR) is 126 cm³/mol. The Labute approximate surface area is 186 Å². The number of hydrogen-bond acceptors (Lipinski definition) is 5. The molecule has 9 heteroatoms. The summed E-state index contributed by atoms with van der Waals surface area (Å²) in [5, 5.41) is 7.93. The van der Waals surface area contributed by atoms with E-state index >= 15 is 0 Å². The van der Waals surface area contributed by atoms with Crippen LogP contribution in [0.15, 0.2) is 66.9 Å². The van der Waals surface area contributed by atoms with Gasteiger partial charge in [-0.2, -0.15) is 5.10 Å². The number of nitrogens with zero attached hydrogens (tertiary/aromatic N) is 3. The molecule has 0 aliphatic heterocycles. The second-order valence-electron chi connectivity index (χ2n) is 7.75. The fraction of sp³-hybridized carbons (Fsp3) is 0.174. The fourth-order valence-corrected chi connectivity index (χ4v) is 3.97. The van der Waals surface area contributed by atoms with Gasteiger partial charge < -0.3 is 5.32 Å². The average molecular weight is 450 g/mol. The Morgan fingerprint density at radius 3 is 2.41 bits per heavy atom. The van der Waals surface area contributed by atoms with Crippen molar-refractivity contribution in [3.8, 4) is 11.3 Å². The average Bonchev–Trinajstić information content (AvgIpc) is 3.17. The second kappa shape index (κ2) is 8.43. The van der Waals surface area contributed by atoms with Gasteiger partial charge in [-0.05, 0) is 38.1 Å². The summed E-state index contributed by atoms with van der Waals surface area (Å²) < 4.78 is 27.2. The van der Waals surface area contributed by atoms with E-state index in [2.05, 4.69) is 15.1 Å². The summed E-state index contributed by atoms with van der Waals surface area (Å²) in [6, 6.07) is 18.0. The molecule has 0 fully saturated rings. The lowest BCUT2D eigenvalue weighted by molar-refractivity contribution is 0.102. The van der Waals surface area contributed by atoms with Gasteiger partial charge in [-0.3, -0.25) is 9.52 Å². The maximum absolute atomic E-state index is 13.3. The molecule has 2 heterocycles. The van der Waals surface area contributed by atoms with E-state index in [1.165, 1.54) is 0 Å². The highest BCUT2D eigenvalue weighted by Gasteiger charge is 2.19. The number of carbonyl (C=O) groups is 1. The number of anilines is 2. The Hall–Kier alpha value is -3.72. The molecule has 2 aromatic carbocycles. The number of rotatable bonds is 6. The summed E-state index contributed by atoms with van der Waals surface area (Å²) in [6.45, 7) is 4.01. The van der Waals surface area contributed by atoms with E-state index in [1.54, 1.807) is 41.2 Å². The van der Waals surface area contributed by atoms with Gasteiger partial charge in [0.25, 0.3) is 5.91 Å². The number of sulfonamides is 1. The van der Waals surface area contributed by atoms with Crippen molar-refractivity contribution in [3.05, 3.63) is 72.4 Å². The second-order valence-corrected chi connectivity index (χ2v) is 9.50. The molecule has 8 nitrogen and oxygen atoms in total. The number of aromatic nitrogens is 3. The van der Waals surface area contributed by atoms with Crippen LogP contribution in [0.5, 0.6) is 0 Å². The Kier molecular flexibility index (Phi) is 5.67. The molecule has 164 valence electrons. The Balaban J connectivity index is 1.76. The van der Waals surface area contributed by atoms with Crippen LogP contribution >= 0.6 is 0 Å². The molecule has 0 saturated heterocycles. The number of hydrogen-bond donors (Lipinski definition) is 2. The molecular formula is C23H23N5O3S. The quantitative estimate of drug-likeness (QED) is 0.456. The predicted octanol–water partition coefficient (Wildman–Crippen LogP) is 4.30. The minimum atomic E-state index is -3.43. The third-order valence-corrected chi connectivity index (χ3v) is 5.40. The monoisotopic (exact) mass is 449 g/mol. The zero-order valence-electron chi connectivity index (χ0n) is 17.9. The third kappa shape index (κ3) is 4.62. The van der Waals surface area contributed by atoms with Gasteiger partial charge in [0.05, 0.1) is 34.8 Å². The molecule has 4 rings (SSSR count). The molecule has 0 atom stereocenters. The number of benzene rings is 2. The van der Waals surface area contributed by atoms with Crippen molar-refractivity contribution < 1.29 is 13.2 Å². The Bertz CT molecular complexity index is 1400. The van der Waals surface area contributed by atoms with E-state index in [9.17, 15) is 13.2 Å². The summed E-state index contributed by atoms with van der Waals surface area (Å²) in [7, 11) is -3.43. The van der Waals surface area contributed by atoms with Crippen molar-refractivity contribution >= 4 is 38.3 Å². The van der Waals surface area contributed by atoms with Crippen molar-refractivity contribution in [2.24, 2.45) is 0 Å². The highest BCUT2D eigenvalue weighted by Crippen LogP contribution is 2.27. The molecule has 0 radical (unpaired) electrons. The van der Waals surface area contributed by atoms with Gasteiger partial charge in [0.1, 0.15) is 0 Å². The van der Waals surface area contributed by atoms with Crippen molar-refractivity contribution in [2.45, 2.75) is 19.9 Å². The van der Waals surface area contributed by atoms with Gasteiger partial charge in [0.15, 0.2) is 5.65 Å². The third-order valence-electron chi connectivity index (χ3n) is 4.79. The maximum atomic E-state index is 13.3. The number of nitrogens with one attached hydrogen (secondary N) is 2. The van der Waals surface area contributed by atoms with Crippen molar-refractivity contribution in [1.29, 1.82) is 0 Å². The summed E-state index contributed by atoms with van der Waals surface area (Å²) in [5.41, 5.74) is 3.44. The van der Waals surface area contributed by atoms with E-state index in [0.717, 1.165) is 11.8 Å². The van der Waals surface area contributed by atoms with Crippen LogP contribution in [0.3, 0.4) is 0 Å². The first kappa shape index (κ1) is 21.5.